The van der Waals surface area contributed by atoms with Crippen molar-refractivity contribution in [2.24, 2.45) is 0 Å². The molecule has 4 rings (SSSR count). The van der Waals surface area contributed by atoms with Crippen LogP contribution in [0.4, 0.5) is 5.82 Å². The number of fused-ring (bicyclic) bond motifs is 1. The Morgan fingerprint density at radius 1 is 1.19 bits per heavy atom. The predicted molar refractivity (Wildman–Crippen MR) is 108 cm³/mol. The van der Waals surface area contributed by atoms with E-state index in [4.69, 9.17) is 0 Å². The number of anilines is 1. The van der Waals surface area contributed by atoms with Crippen molar-refractivity contribution in [2.45, 2.75) is 11.6 Å². The summed E-state index contributed by atoms with van der Waals surface area (Å²) in [5, 5.41) is 18.0. The number of rotatable bonds is 6. The minimum atomic E-state index is -0.173. The van der Waals surface area contributed by atoms with Crippen LogP contribution in [0.25, 0.3) is 10.8 Å². The van der Waals surface area contributed by atoms with Crippen LogP contribution in [-0.4, -0.2) is 31.3 Å². The SMILES string of the molecule is O=C(CSc1c2ccccc2c(O)n1Cc1cccs1)Nc1cnccn1. The summed E-state index contributed by atoms with van der Waals surface area (Å²) < 4.78 is 1.86. The number of thioether (sulfide) groups is 1. The van der Waals surface area contributed by atoms with Crippen molar-refractivity contribution >= 4 is 45.6 Å². The first-order chi connectivity index (χ1) is 13.2. The third kappa shape index (κ3) is 3.81. The van der Waals surface area contributed by atoms with E-state index in [9.17, 15) is 9.90 Å². The Morgan fingerprint density at radius 3 is 2.78 bits per heavy atom. The lowest BCUT2D eigenvalue weighted by Gasteiger charge is -2.09. The highest BCUT2D eigenvalue weighted by Gasteiger charge is 2.18. The Balaban J connectivity index is 1.59. The van der Waals surface area contributed by atoms with Crippen LogP contribution in [0.3, 0.4) is 0 Å². The van der Waals surface area contributed by atoms with Crippen molar-refractivity contribution in [2.75, 3.05) is 11.1 Å². The zero-order valence-electron chi connectivity index (χ0n) is 14.2. The van der Waals surface area contributed by atoms with Gasteiger partial charge in [-0.15, -0.1) is 11.3 Å². The summed E-state index contributed by atoms with van der Waals surface area (Å²) in [4.78, 5) is 21.4. The highest BCUT2D eigenvalue weighted by Crippen LogP contribution is 2.38. The second-order valence-corrected chi connectivity index (χ2v) is 7.76. The van der Waals surface area contributed by atoms with Gasteiger partial charge in [-0.25, -0.2) is 4.98 Å². The van der Waals surface area contributed by atoms with Crippen LogP contribution in [0.1, 0.15) is 4.88 Å². The second-order valence-electron chi connectivity index (χ2n) is 5.77. The molecular weight excluding hydrogens is 380 g/mol. The molecule has 0 atom stereocenters. The maximum Gasteiger partial charge on any atom is 0.235 e. The molecule has 0 unspecified atom stereocenters. The van der Waals surface area contributed by atoms with Crippen molar-refractivity contribution in [1.29, 1.82) is 0 Å². The number of aromatic hydroxyl groups is 1. The second kappa shape index (κ2) is 7.81. The highest BCUT2D eigenvalue weighted by atomic mass is 32.2. The largest absolute Gasteiger partial charge is 0.494 e. The van der Waals surface area contributed by atoms with Crippen LogP contribution in [0.5, 0.6) is 5.88 Å². The Bertz CT molecular complexity index is 1060. The molecule has 0 radical (unpaired) electrons. The van der Waals surface area contributed by atoms with Crippen LogP contribution in [-0.2, 0) is 11.3 Å². The fourth-order valence-electron chi connectivity index (χ4n) is 2.79. The fourth-order valence-corrected chi connectivity index (χ4v) is 4.46. The number of amides is 1. The first kappa shape index (κ1) is 17.6. The minimum Gasteiger partial charge on any atom is -0.494 e. The number of carbonyl (C=O) groups is 1. The lowest BCUT2D eigenvalue weighted by Crippen LogP contribution is -2.15. The number of carbonyl (C=O) groups excluding carboxylic acids is 1. The van der Waals surface area contributed by atoms with Gasteiger partial charge in [0.2, 0.25) is 5.91 Å². The first-order valence-corrected chi connectivity index (χ1v) is 10.1. The monoisotopic (exact) mass is 396 g/mol. The maximum atomic E-state index is 12.3. The molecule has 0 aliphatic carbocycles. The molecule has 4 aromatic rings. The van der Waals surface area contributed by atoms with Gasteiger partial charge in [-0.05, 0) is 17.5 Å². The van der Waals surface area contributed by atoms with Gasteiger partial charge in [0.1, 0.15) is 0 Å². The zero-order valence-corrected chi connectivity index (χ0v) is 15.8. The van der Waals surface area contributed by atoms with Crippen LogP contribution in [0.15, 0.2) is 65.4 Å². The third-order valence-electron chi connectivity index (χ3n) is 3.96. The molecule has 1 aromatic carbocycles. The summed E-state index contributed by atoms with van der Waals surface area (Å²) in [7, 11) is 0. The van der Waals surface area contributed by atoms with Crippen molar-refractivity contribution in [3.05, 3.63) is 65.2 Å². The van der Waals surface area contributed by atoms with E-state index < -0.39 is 0 Å². The van der Waals surface area contributed by atoms with Gasteiger partial charge in [0, 0.05) is 28.0 Å². The summed E-state index contributed by atoms with van der Waals surface area (Å²) in [6.45, 7) is 0.562. The molecule has 2 N–H and O–H groups in total. The number of hydrogen-bond donors (Lipinski definition) is 2. The van der Waals surface area contributed by atoms with E-state index in [1.807, 2.05) is 46.3 Å². The predicted octanol–water partition coefficient (Wildman–Crippen LogP) is 3.98. The normalized spacial score (nSPS) is 11.0. The topological polar surface area (TPSA) is 80.0 Å². The molecule has 136 valence electrons. The Kier molecular flexibility index (Phi) is 5.08. The zero-order chi connectivity index (χ0) is 18.6. The van der Waals surface area contributed by atoms with Crippen LogP contribution >= 0.6 is 23.1 Å². The summed E-state index contributed by atoms with van der Waals surface area (Å²) in [6, 6.07) is 11.7. The van der Waals surface area contributed by atoms with Crippen LogP contribution in [0, 0.1) is 0 Å². The maximum absolute atomic E-state index is 12.3. The van der Waals surface area contributed by atoms with E-state index in [0.717, 1.165) is 20.7 Å². The van der Waals surface area contributed by atoms with Crippen molar-refractivity contribution in [3.63, 3.8) is 0 Å². The van der Waals surface area contributed by atoms with Crippen molar-refractivity contribution in [1.82, 2.24) is 14.5 Å². The number of aromatic nitrogens is 3. The fraction of sp³-hybridized carbons (Fsp3) is 0.105. The van der Waals surface area contributed by atoms with Gasteiger partial charge in [0.25, 0.3) is 0 Å². The Labute approximate surface area is 163 Å². The number of thiophene rings is 1. The molecule has 1 amide bonds. The number of benzene rings is 1. The molecular formula is C19H16N4O2S2. The quantitative estimate of drug-likeness (QED) is 0.482. The average molecular weight is 396 g/mol. The molecule has 0 fully saturated rings. The van der Waals surface area contributed by atoms with Crippen molar-refractivity contribution < 1.29 is 9.90 Å². The van der Waals surface area contributed by atoms with E-state index in [1.54, 1.807) is 17.5 Å². The number of hydrogen-bond acceptors (Lipinski definition) is 6. The molecule has 0 saturated heterocycles. The third-order valence-corrected chi connectivity index (χ3v) is 5.95. The Morgan fingerprint density at radius 2 is 2.04 bits per heavy atom. The van der Waals surface area contributed by atoms with E-state index in [1.165, 1.54) is 24.2 Å². The molecule has 0 aliphatic rings. The van der Waals surface area contributed by atoms with Gasteiger partial charge in [-0.1, -0.05) is 36.0 Å². The summed E-state index contributed by atoms with van der Waals surface area (Å²) in [5.74, 6) is 0.669. The summed E-state index contributed by atoms with van der Waals surface area (Å²) in [6.07, 6.45) is 4.58. The smallest absolute Gasteiger partial charge is 0.235 e. The Hall–Kier alpha value is -2.84. The van der Waals surface area contributed by atoms with Crippen LogP contribution in [0.2, 0.25) is 0 Å². The van der Waals surface area contributed by atoms with Gasteiger partial charge in [-0.3, -0.25) is 9.78 Å². The molecule has 3 heterocycles. The van der Waals surface area contributed by atoms with Gasteiger partial charge in [-0.2, -0.15) is 0 Å². The molecule has 3 aromatic heterocycles. The number of nitrogens with zero attached hydrogens (tertiary/aromatic N) is 3. The molecule has 0 spiro atoms. The number of nitrogens with one attached hydrogen (secondary N) is 1. The van der Waals surface area contributed by atoms with Crippen LogP contribution < -0.4 is 5.32 Å². The van der Waals surface area contributed by atoms with E-state index in [-0.39, 0.29) is 17.5 Å². The minimum absolute atomic E-state index is 0.173. The molecule has 0 aliphatic heterocycles. The van der Waals surface area contributed by atoms with Gasteiger partial charge in [0.15, 0.2) is 11.7 Å². The van der Waals surface area contributed by atoms with E-state index in [0.29, 0.717) is 12.4 Å². The summed E-state index contributed by atoms with van der Waals surface area (Å²) in [5.41, 5.74) is 0. The van der Waals surface area contributed by atoms with Gasteiger partial charge >= 0.3 is 0 Å². The summed E-state index contributed by atoms with van der Waals surface area (Å²) >= 11 is 3.03. The standard InChI is InChI=1S/C19H16N4O2S2/c24-17(22-16-10-20-7-8-21-16)12-27-19-15-6-2-1-5-14(15)18(25)23(19)11-13-4-3-9-26-13/h1-10,25H,11-12H2,(H,21,22,24). The molecule has 0 saturated carbocycles. The molecule has 0 bridgehead atoms. The molecule has 27 heavy (non-hydrogen) atoms. The highest BCUT2D eigenvalue weighted by molar-refractivity contribution is 8.00. The van der Waals surface area contributed by atoms with E-state index in [2.05, 4.69) is 15.3 Å². The molecule has 8 heteroatoms. The van der Waals surface area contributed by atoms with Gasteiger partial charge < -0.3 is 15.0 Å². The molecule has 6 nitrogen and oxygen atoms in total. The average Bonchev–Trinajstić information content (AvgIpc) is 3.29. The first-order valence-electron chi connectivity index (χ1n) is 8.23. The van der Waals surface area contributed by atoms with E-state index >= 15 is 0 Å². The van der Waals surface area contributed by atoms with Crippen molar-refractivity contribution in [3.8, 4) is 5.88 Å². The lowest BCUT2D eigenvalue weighted by molar-refractivity contribution is -0.113. The van der Waals surface area contributed by atoms with Gasteiger partial charge in [0.05, 0.1) is 23.5 Å². The lowest BCUT2D eigenvalue weighted by atomic mass is 10.2.